The molecule has 2 N–H and O–H groups in total. The molecule has 2 fully saturated rings. The van der Waals surface area contributed by atoms with Gasteiger partial charge in [-0.1, -0.05) is 25.6 Å². The molecule has 3 aromatic rings. The van der Waals surface area contributed by atoms with E-state index in [-0.39, 0.29) is 24.2 Å². The Morgan fingerprint density at radius 3 is 2.54 bits per heavy atom. The average molecular weight is 705 g/mol. The summed E-state index contributed by atoms with van der Waals surface area (Å²) >= 11 is 1.52. The number of aryl methyl sites for hydroxylation is 1. The number of piperazine rings is 1. The Hall–Kier alpha value is -4.02. The van der Waals surface area contributed by atoms with E-state index in [4.69, 9.17) is 30.1 Å². The number of rotatable bonds is 6. The lowest BCUT2D eigenvalue weighted by molar-refractivity contribution is -0.133. The molecule has 3 aromatic heterocycles. The lowest BCUT2D eigenvalue weighted by atomic mass is 9.62. The van der Waals surface area contributed by atoms with Crippen LogP contribution in [0.25, 0.3) is 11.6 Å². The molecule has 2 aliphatic carbocycles. The molecular formula is C37H49FN8O3S. The summed E-state index contributed by atoms with van der Waals surface area (Å²) in [6.07, 6.45) is 7.34. The lowest BCUT2D eigenvalue weighted by Gasteiger charge is -2.44. The minimum atomic E-state index is -0.960. The van der Waals surface area contributed by atoms with Gasteiger partial charge in [0.25, 0.3) is 5.91 Å². The van der Waals surface area contributed by atoms with Crippen molar-refractivity contribution in [3.63, 3.8) is 0 Å². The van der Waals surface area contributed by atoms with Crippen molar-refractivity contribution < 1.29 is 18.4 Å². The molecule has 11 nitrogen and oxygen atoms in total. The number of anilines is 2. The number of hydrogen-bond acceptors (Lipinski definition) is 11. The summed E-state index contributed by atoms with van der Waals surface area (Å²) in [5, 5.41) is 15.4. The van der Waals surface area contributed by atoms with Gasteiger partial charge in [-0.05, 0) is 91.3 Å². The van der Waals surface area contributed by atoms with Gasteiger partial charge in [0.2, 0.25) is 17.5 Å². The van der Waals surface area contributed by atoms with E-state index in [2.05, 4.69) is 36.4 Å². The van der Waals surface area contributed by atoms with Crippen LogP contribution in [0.15, 0.2) is 23.0 Å². The van der Waals surface area contributed by atoms with Crippen molar-refractivity contribution in [3.05, 3.63) is 45.7 Å². The van der Waals surface area contributed by atoms with Crippen molar-refractivity contribution in [2.45, 2.75) is 116 Å². The van der Waals surface area contributed by atoms with Crippen molar-refractivity contribution in [1.82, 2.24) is 24.9 Å². The smallest absolute Gasteiger partial charge is 0.282 e. The molecule has 2 aliphatic heterocycles. The molecule has 0 radical (unpaired) electrons. The minimum absolute atomic E-state index is 0.114. The van der Waals surface area contributed by atoms with Gasteiger partial charge >= 0.3 is 0 Å². The number of thiophene rings is 1. The third kappa shape index (κ3) is 6.15. The molecule has 13 heteroatoms. The fourth-order valence-corrected chi connectivity index (χ4v) is 9.98. The Bertz CT molecular complexity index is 1780. The zero-order valence-electron chi connectivity index (χ0n) is 30.1. The highest BCUT2D eigenvalue weighted by atomic mass is 32.1. The maximum absolute atomic E-state index is 13.9. The van der Waals surface area contributed by atoms with E-state index in [0.717, 1.165) is 74.7 Å². The first-order valence-corrected chi connectivity index (χ1v) is 18.8. The molecule has 0 aromatic carbocycles. The van der Waals surface area contributed by atoms with Crippen molar-refractivity contribution in [3.8, 4) is 23.5 Å². The molecule has 268 valence electrons. The van der Waals surface area contributed by atoms with E-state index in [9.17, 15) is 14.4 Å². The first kappa shape index (κ1) is 35.8. The van der Waals surface area contributed by atoms with E-state index in [0.29, 0.717) is 46.9 Å². The van der Waals surface area contributed by atoms with Crippen LogP contribution in [-0.4, -0.2) is 81.7 Å². The number of likely N-dealkylation sites (N-methyl/N-ethyl adjacent to an activating group) is 1. The van der Waals surface area contributed by atoms with Gasteiger partial charge in [0, 0.05) is 53.1 Å². The molecule has 1 amide bonds. The number of ether oxygens (including phenoxy) is 1. The summed E-state index contributed by atoms with van der Waals surface area (Å²) in [5.41, 5.74) is 9.35. The van der Waals surface area contributed by atoms with Gasteiger partial charge in [0.1, 0.15) is 23.0 Å². The van der Waals surface area contributed by atoms with Crippen LogP contribution in [0.5, 0.6) is 5.88 Å². The van der Waals surface area contributed by atoms with Crippen LogP contribution >= 0.6 is 11.3 Å². The van der Waals surface area contributed by atoms with Gasteiger partial charge in [0.05, 0.1) is 11.3 Å². The van der Waals surface area contributed by atoms with E-state index < -0.39 is 17.1 Å². The van der Waals surface area contributed by atoms with Crippen molar-refractivity contribution in [2.24, 2.45) is 0 Å². The van der Waals surface area contributed by atoms with Crippen LogP contribution in [0.3, 0.4) is 0 Å². The molecule has 2 unspecified atom stereocenters. The van der Waals surface area contributed by atoms with Crippen LogP contribution in [0, 0.1) is 11.3 Å². The number of carbonyl (C=O) groups excluding carboxylic acids is 1. The largest absolute Gasteiger partial charge is 0.473 e. The van der Waals surface area contributed by atoms with Crippen molar-refractivity contribution in [1.29, 1.82) is 5.26 Å². The fourth-order valence-electron chi connectivity index (χ4n) is 8.82. The molecule has 0 bridgehead atoms. The Morgan fingerprint density at radius 2 is 1.90 bits per heavy atom. The van der Waals surface area contributed by atoms with Crippen LogP contribution in [0.1, 0.15) is 100 Å². The van der Waals surface area contributed by atoms with Gasteiger partial charge in [-0.25, -0.2) is 9.37 Å². The monoisotopic (exact) mass is 704 g/mol. The molecule has 5 atom stereocenters. The molecular weight excluding hydrogens is 656 g/mol. The molecule has 7 rings (SSSR count). The van der Waals surface area contributed by atoms with Gasteiger partial charge in [-0.15, -0.1) is 11.3 Å². The first-order chi connectivity index (χ1) is 24.0. The number of aromatic nitrogens is 3. The second-order valence-electron chi connectivity index (χ2n) is 14.0. The Kier molecular flexibility index (Phi) is 10.2. The number of nitriles is 1. The van der Waals surface area contributed by atoms with E-state index in [1.165, 1.54) is 16.2 Å². The van der Waals surface area contributed by atoms with Gasteiger partial charge in [-0.3, -0.25) is 9.69 Å². The summed E-state index contributed by atoms with van der Waals surface area (Å²) < 4.78 is 26.7. The molecule has 2 saturated heterocycles. The molecule has 0 saturated carbocycles. The summed E-state index contributed by atoms with van der Waals surface area (Å²) in [6, 6.07) is 3.94. The number of nitrogens with two attached hydrogens (primary N) is 1. The third-order valence-corrected chi connectivity index (χ3v) is 12.0. The van der Waals surface area contributed by atoms with Gasteiger partial charge < -0.3 is 24.8 Å². The highest BCUT2D eigenvalue weighted by Gasteiger charge is 2.48. The lowest BCUT2D eigenvalue weighted by Crippen LogP contribution is -2.59. The minimum Gasteiger partial charge on any atom is -0.473 e. The second kappa shape index (κ2) is 14.3. The second-order valence-corrected chi connectivity index (χ2v) is 15.1. The topological polar surface area (TPSA) is 138 Å². The molecule has 1 spiro atoms. The van der Waals surface area contributed by atoms with Crippen LogP contribution in [-0.2, 0) is 23.1 Å². The number of fused-ring (bicyclic) bond motifs is 4. The number of carbonyl (C=O) groups is 1. The van der Waals surface area contributed by atoms with E-state index in [1.807, 2.05) is 33.8 Å². The van der Waals surface area contributed by atoms with Crippen LogP contribution < -0.4 is 15.4 Å². The van der Waals surface area contributed by atoms with E-state index in [1.54, 1.807) is 4.90 Å². The van der Waals surface area contributed by atoms with Crippen LogP contribution in [0.2, 0.25) is 0 Å². The summed E-state index contributed by atoms with van der Waals surface area (Å²) in [4.78, 5) is 29.7. The Labute approximate surface area is 298 Å². The number of halogens is 1. The summed E-state index contributed by atoms with van der Waals surface area (Å²) in [5.74, 6) is 0.331. The predicted octanol–water partition coefficient (Wildman–Crippen LogP) is 6.40. The highest BCUT2D eigenvalue weighted by Crippen LogP contribution is 2.54. The fraction of sp³-hybridized carbons (Fsp3) is 0.595. The quantitative estimate of drug-likeness (QED) is 0.287. The SMILES string of the molecule is C=C(F)C(=O)N1C(C)CN(c2cc(O[C@@H](C)C3CCCN3C)nc(-c3onc4c3CCC[C@@]43CCCc4sc(N)c(C#N)c43)n2)C[C@@H]1C.CC. The number of nitrogen functional groups attached to an aromatic ring is 1. The third-order valence-electron chi connectivity index (χ3n) is 10.9. The van der Waals surface area contributed by atoms with Crippen molar-refractivity contribution >= 4 is 28.1 Å². The maximum Gasteiger partial charge on any atom is 0.282 e. The number of likely N-dealkylation sites (tertiary alicyclic amines) is 1. The average Bonchev–Trinajstić information content (AvgIpc) is 3.82. The summed E-state index contributed by atoms with van der Waals surface area (Å²) in [7, 11) is 2.12. The van der Waals surface area contributed by atoms with Gasteiger partial charge in [0.15, 0.2) is 5.83 Å². The molecule has 4 aliphatic rings. The molecule has 50 heavy (non-hydrogen) atoms. The Morgan fingerprint density at radius 1 is 1.20 bits per heavy atom. The van der Waals surface area contributed by atoms with Crippen molar-refractivity contribution in [2.75, 3.05) is 37.3 Å². The standard InChI is InChI=1S/C35H43FN8O3S.C2H6/c1-19-17-43(18-20(2)44(19)34(45)21(3)36)27-15-28(46-22(4)25-10-8-14-42(25)5)40-33(39-27)30-23-9-6-12-35(31(23)41-47-30)13-7-11-26-29(35)24(16-37)32(38)48-26;1-2/h15,19-20,22,25H,3,6-14,17-18,38H2,1-2,4-5H3;1-2H3/t19-,20?,22-,25?,35-;/m0./s1. The van der Waals surface area contributed by atoms with Gasteiger partial charge in [-0.2, -0.15) is 10.2 Å². The first-order valence-electron chi connectivity index (χ1n) is 18.0. The zero-order valence-corrected chi connectivity index (χ0v) is 30.9. The normalized spacial score (nSPS) is 25.3. The Balaban J connectivity index is 0.00000212. The predicted molar refractivity (Wildman–Crippen MR) is 193 cm³/mol. The number of amides is 1. The van der Waals surface area contributed by atoms with Crippen LogP contribution in [0.4, 0.5) is 15.2 Å². The maximum atomic E-state index is 13.9. The van der Waals surface area contributed by atoms with E-state index >= 15 is 0 Å². The highest BCUT2D eigenvalue weighted by molar-refractivity contribution is 7.16. The zero-order chi connectivity index (χ0) is 35.9. The molecule has 5 heterocycles. The number of nitrogens with zero attached hydrogens (tertiary/aromatic N) is 7. The number of hydrogen-bond donors (Lipinski definition) is 1. The summed E-state index contributed by atoms with van der Waals surface area (Å²) in [6.45, 7) is 15.0.